The lowest BCUT2D eigenvalue weighted by Crippen LogP contribution is -2.44. The first kappa shape index (κ1) is 28.9. The van der Waals surface area contributed by atoms with Gasteiger partial charge in [-0.2, -0.15) is 0 Å². The maximum atomic E-state index is 12.6. The number of hydrogen-bond acceptors (Lipinski definition) is 6. The number of phenols is 2. The Labute approximate surface area is 213 Å². The molecule has 0 heterocycles. The average molecular weight is 507 g/mol. The summed E-state index contributed by atoms with van der Waals surface area (Å²) in [6, 6.07) is 0. The molecule has 4 atom stereocenters. The lowest BCUT2D eigenvalue weighted by molar-refractivity contribution is -0.151. The van der Waals surface area contributed by atoms with E-state index in [2.05, 4.69) is 13.8 Å². The van der Waals surface area contributed by atoms with Crippen molar-refractivity contribution in [3.05, 3.63) is 33.4 Å². The highest BCUT2D eigenvalue weighted by Gasteiger charge is 2.45. The Morgan fingerprint density at radius 2 is 1.89 bits per heavy atom. The molecule has 2 rings (SSSR count). The molecule has 0 amide bonds. The van der Waals surface area contributed by atoms with E-state index in [-0.39, 0.29) is 75.4 Å². The van der Waals surface area contributed by atoms with Crippen molar-refractivity contribution >= 4 is 29.6 Å². The molecule has 194 valence electrons. The van der Waals surface area contributed by atoms with Gasteiger partial charge in [-0.3, -0.25) is 14.4 Å². The zero-order valence-corrected chi connectivity index (χ0v) is 22.7. The number of allylic oxidation sites excluding steroid dienone is 1. The van der Waals surface area contributed by atoms with Crippen LogP contribution in [0.5, 0.6) is 11.5 Å². The summed E-state index contributed by atoms with van der Waals surface area (Å²) in [5, 5.41) is 21.1. The van der Waals surface area contributed by atoms with Crippen molar-refractivity contribution < 1.29 is 29.3 Å². The molecular formula is C28H39ClO6. The van der Waals surface area contributed by atoms with Crippen molar-refractivity contribution in [2.75, 3.05) is 0 Å². The number of rotatable bonds is 9. The van der Waals surface area contributed by atoms with Crippen molar-refractivity contribution in [3.8, 4) is 11.5 Å². The first-order chi connectivity index (χ1) is 16.2. The first-order valence-corrected chi connectivity index (χ1v) is 12.7. The van der Waals surface area contributed by atoms with Crippen molar-refractivity contribution in [1.82, 2.24) is 0 Å². The number of hydrogen-bond donors (Lipinski definition) is 2. The fraction of sp³-hybridized carbons (Fsp3) is 0.607. The largest absolute Gasteiger partial charge is 0.507 e. The van der Waals surface area contributed by atoms with Gasteiger partial charge in [0.15, 0.2) is 6.29 Å². The minimum atomic E-state index is -0.571. The van der Waals surface area contributed by atoms with Crippen LogP contribution in [0.25, 0.3) is 0 Å². The molecule has 0 saturated heterocycles. The van der Waals surface area contributed by atoms with Crippen LogP contribution < -0.4 is 0 Å². The predicted octanol–water partition coefficient (Wildman–Crippen LogP) is 6.35. The van der Waals surface area contributed by atoms with Gasteiger partial charge in [-0.25, -0.2) is 0 Å². The highest BCUT2D eigenvalue weighted by molar-refractivity contribution is 6.33. The quantitative estimate of drug-likeness (QED) is 0.230. The lowest BCUT2D eigenvalue weighted by atomic mass is 9.59. The fourth-order valence-corrected chi connectivity index (χ4v) is 5.14. The molecule has 0 radical (unpaired) electrons. The van der Waals surface area contributed by atoms with E-state index >= 15 is 0 Å². The molecule has 6 nitrogen and oxygen atoms in total. The van der Waals surface area contributed by atoms with Crippen molar-refractivity contribution in [1.29, 1.82) is 0 Å². The second-order valence-corrected chi connectivity index (χ2v) is 11.1. The van der Waals surface area contributed by atoms with E-state index in [1.165, 1.54) is 0 Å². The number of Topliss-reactive ketones (excluding diaryl/α,β-unsaturated/α-hetero) is 1. The molecule has 1 aliphatic rings. The van der Waals surface area contributed by atoms with E-state index in [9.17, 15) is 24.6 Å². The summed E-state index contributed by atoms with van der Waals surface area (Å²) in [5.74, 6) is -0.429. The summed E-state index contributed by atoms with van der Waals surface area (Å²) in [4.78, 5) is 36.7. The van der Waals surface area contributed by atoms with Gasteiger partial charge < -0.3 is 14.9 Å². The summed E-state index contributed by atoms with van der Waals surface area (Å²) >= 11 is 6.18. The maximum Gasteiger partial charge on any atom is 0.306 e. The molecule has 7 heteroatoms. The zero-order valence-electron chi connectivity index (χ0n) is 21.9. The van der Waals surface area contributed by atoms with Crippen LogP contribution in [0, 0.1) is 30.1 Å². The van der Waals surface area contributed by atoms with Crippen LogP contribution in [0.2, 0.25) is 5.02 Å². The van der Waals surface area contributed by atoms with Crippen molar-refractivity contribution in [2.45, 2.75) is 86.7 Å². The van der Waals surface area contributed by atoms with Crippen LogP contribution in [0.15, 0.2) is 11.6 Å². The third-order valence-corrected chi connectivity index (χ3v) is 8.38. The molecule has 0 aromatic heterocycles. The molecule has 35 heavy (non-hydrogen) atoms. The summed E-state index contributed by atoms with van der Waals surface area (Å²) in [6.45, 7) is 13.5. The van der Waals surface area contributed by atoms with E-state index in [1.54, 1.807) is 13.0 Å². The van der Waals surface area contributed by atoms with E-state index in [0.29, 0.717) is 24.7 Å². The molecule has 1 aromatic carbocycles. The highest BCUT2D eigenvalue weighted by atomic mass is 35.5. The van der Waals surface area contributed by atoms with Gasteiger partial charge in [0.2, 0.25) is 0 Å². The van der Waals surface area contributed by atoms with Crippen LogP contribution in [0.1, 0.15) is 88.7 Å². The second-order valence-electron chi connectivity index (χ2n) is 10.7. The molecule has 0 unspecified atom stereocenters. The number of benzene rings is 1. The molecule has 1 fully saturated rings. The Morgan fingerprint density at radius 3 is 2.46 bits per heavy atom. The van der Waals surface area contributed by atoms with Gasteiger partial charge in [0.05, 0.1) is 10.6 Å². The Kier molecular flexibility index (Phi) is 9.57. The Morgan fingerprint density at radius 1 is 1.26 bits per heavy atom. The van der Waals surface area contributed by atoms with Gasteiger partial charge in [0.1, 0.15) is 23.4 Å². The average Bonchev–Trinajstić information content (AvgIpc) is 2.78. The first-order valence-electron chi connectivity index (χ1n) is 12.3. The molecule has 0 spiro atoms. The van der Waals surface area contributed by atoms with Crippen LogP contribution in [-0.4, -0.2) is 34.4 Å². The Bertz CT molecular complexity index is 1010. The third kappa shape index (κ3) is 6.27. The smallest absolute Gasteiger partial charge is 0.306 e. The molecule has 0 aliphatic heterocycles. The van der Waals surface area contributed by atoms with E-state index < -0.39 is 6.10 Å². The zero-order chi connectivity index (χ0) is 26.7. The molecule has 1 aliphatic carbocycles. The number of halogens is 1. The van der Waals surface area contributed by atoms with Gasteiger partial charge in [-0.15, -0.1) is 0 Å². The molecular weight excluding hydrogens is 468 g/mol. The summed E-state index contributed by atoms with van der Waals surface area (Å²) in [7, 11) is 0. The van der Waals surface area contributed by atoms with Crippen LogP contribution in [0.3, 0.4) is 0 Å². The Balaban J connectivity index is 2.43. The normalized spacial score (nSPS) is 23.9. The minimum absolute atomic E-state index is 0.0155. The monoisotopic (exact) mass is 506 g/mol. The number of esters is 1. The van der Waals surface area contributed by atoms with E-state index in [4.69, 9.17) is 16.3 Å². The van der Waals surface area contributed by atoms with E-state index in [1.807, 2.05) is 27.7 Å². The number of aldehydes is 1. The van der Waals surface area contributed by atoms with E-state index in [0.717, 1.165) is 12.0 Å². The van der Waals surface area contributed by atoms with Gasteiger partial charge in [-0.1, -0.05) is 52.3 Å². The number of aromatic hydroxyl groups is 2. The molecule has 1 aromatic rings. The molecule has 2 N–H and O–H groups in total. The predicted molar refractivity (Wildman–Crippen MR) is 137 cm³/mol. The van der Waals surface area contributed by atoms with Crippen molar-refractivity contribution in [3.63, 3.8) is 0 Å². The van der Waals surface area contributed by atoms with Crippen LogP contribution in [0.4, 0.5) is 0 Å². The number of ether oxygens (including phenoxy) is 1. The topological polar surface area (TPSA) is 101 Å². The highest BCUT2D eigenvalue weighted by Crippen LogP contribution is 2.48. The van der Waals surface area contributed by atoms with Gasteiger partial charge in [-0.05, 0) is 61.5 Å². The van der Waals surface area contributed by atoms with Gasteiger partial charge in [0, 0.05) is 24.3 Å². The summed E-state index contributed by atoms with van der Waals surface area (Å²) in [6.07, 6.45) is 3.93. The number of carbonyl (C=O) groups is 3. The summed E-state index contributed by atoms with van der Waals surface area (Å²) in [5.41, 5.74) is 0.859. The van der Waals surface area contributed by atoms with Gasteiger partial charge in [0.25, 0.3) is 0 Å². The molecule has 0 bridgehead atoms. The standard InChI is InChI=1S/C28H39ClO6/c1-15(2)12-24(32)35-23(13-28(7)17(4)9-11-22(31)19(28)6)16(3)8-10-20-26(33)21(14-30)18(5)25(29)27(20)34/h8,14-15,17,19,23,33-34H,9-13H2,1-7H3/t17-,19+,23-,28-/m1/s1. The second kappa shape index (κ2) is 11.6. The summed E-state index contributed by atoms with van der Waals surface area (Å²) < 4.78 is 5.93. The number of ketones is 1. The van der Waals surface area contributed by atoms with Gasteiger partial charge >= 0.3 is 5.97 Å². The van der Waals surface area contributed by atoms with Crippen LogP contribution in [-0.2, 0) is 20.7 Å². The number of carbonyl (C=O) groups excluding carboxylic acids is 3. The third-order valence-electron chi connectivity index (χ3n) is 7.92. The minimum Gasteiger partial charge on any atom is -0.507 e. The maximum absolute atomic E-state index is 12.6. The van der Waals surface area contributed by atoms with Crippen molar-refractivity contribution in [2.24, 2.45) is 23.2 Å². The fourth-order valence-electron chi connectivity index (χ4n) is 4.93. The molecule has 1 saturated carbocycles. The lowest BCUT2D eigenvalue weighted by Gasteiger charge is -2.45. The SMILES string of the molecule is CC(=CCc1c(O)c(Cl)c(C)c(C=O)c1O)[C@@H](C[C@]1(C)[C@H](C)CCC(=O)[C@@H]1C)OC(=O)CC(C)C. The number of phenolic OH excluding ortho intramolecular Hbond substituents is 2. The Hall–Kier alpha value is -2.34. The van der Waals surface area contributed by atoms with Crippen LogP contribution >= 0.6 is 11.6 Å².